The van der Waals surface area contributed by atoms with Crippen LogP contribution in [-0.4, -0.2) is 24.1 Å². The maximum absolute atomic E-state index is 10.3. The lowest BCUT2D eigenvalue weighted by Gasteiger charge is -2.14. The standard InChI is InChI=1S/C15H16ClNO/c1-17(2)10-12-8-13(16)9-14(15(12)18)11-6-4-3-5-7-11/h3-9,18H,10H2,1-2H3. The number of benzene rings is 2. The minimum Gasteiger partial charge on any atom is -0.507 e. The molecule has 2 aromatic carbocycles. The largest absolute Gasteiger partial charge is 0.507 e. The van der Waals surface area contributed by atoms with Crippen LogP contribution in [0.3, 0.4) is 0 Å². The van der Waals surface area contributed by atoms with Gasteiger partial charge in [0.15, 0.2) is 0 Å². The van der Waals surface area contributed by atoms with E-state index in [4.69, 9.17) is 11.6 Å². The summed E-state index contributed by atoms with van der Waals surface area (Å²) < 4.78 is 0. The van der Waals surface area contributed by atoms with Crippen molar-refractivity contribution in [2.24, 2.45) is 0 Å². The molecule has 0 bridgehead atoms. The molecule has 0 amide bonds. The zero-order chi connectivity index (χ0) is 13.1. The average Bonchev–Trinajstić information content (AvgIpc) is 2.34. The molecule has 3 heteroatoms. The molecule has 0 saturated heterocycles. The van der Waals surface area contributed by atoms with Gasteiger partial charge in [0.1, 0.15) is 5.75 Å². The van der Waals surface area contributed by atoms with Crippen LogP contribution in [0.15, 0.2) is 42.5 Å². The second kappa shape index (κ2) is 5.42. The fraction of sp³-hybridized carbons (Fsp3) is 0.200. The minimum atomic E-state index is 0.305. The van der Waals surface area contributed by atoms with Crippen molar-refractivity contribution in [2.45, 2.75) is 6.54 Å². The minimum absolute atomic E-state index is 0.305. The van der Waals surface area contributed by atoms with E-state index in [1.807, 2.05) is 55.4 Å². The summed E-state index contributed by atoms with van der Waals surface area (Å²) in [6.07, 6.45) is 0. The van der Waals surface area contributed by atoms with E-state index in [0.717, 1.165) is 16.7 Å². The molecule has 0 saturated carbocycles. The number of halogens is 1. The highest BCUT2D eigenvalue weighted by molar-refractivity contribution is 6.31. The molecule has 0 aliphatic rings. The zero-order valence-electron chi connectivity index (χ0n) is 10.5. The van der Waals surface area contributed by atoms with Crippen LogP contribution in [0.25, 0.3) is 11.1 Å². The molecule has 0 unspecified atom stereocenters. The highest BCUT2D eigenvalue weighted by Gasteiger charge is 2.11. The van der Waals surface area contributed by atoms with Crippen LogP contribution >= 0.6 is 11.6 Å². The third-order valence-corrected chi connectivity index (χ3v) is 2.94. The van der Waals surface area contributed by atoms with Gasteiger partial charge in [0.05, 0.1) is 0 Å². The van der Waals surface area contributed by atoms with E-state index >= 15 is 0 Å². The molecule has 0 aromatic heterocycles. The first-order valence-corrected chi connectivity index (χ1v) is 6.17. The maximum atomic E-state index is 10.3. The predicted octanol–water partition coefficient (Wildman–Crippen LogP) is 3.77. The van der Waals surface area contributed by atoms with Crippen LogP contribution in [0.2, 0.25) is 5.02 Å². The van der Waals surface area contributed by atoms with E-state index in [-0.39, 0.29) is 0 Å². The molecule has 0 spiro atoms. The van der Waals surface area contributed by atoms with Crippen molar-refractivity contribution >= 4 is 11.6 Å². The van der Waals surface area contributed by atoms with Crippen LogP contribution in [0.5, 0.6) is 5.75 Å². The van der Waals surface area contributed by atoms with Gasteiger partial charge in [0.25, 0.3) is 0 Å². The molecule has 0 aliphatic heterocycles. The second-order valence-electron chi connectivity index (χ2n) is 4.56. The van der Waals surface area contributed by atoms with E-state index in [1.54, 1.807) is 6.07 Å². The molecule has 0 radical (unpaired) electrons. The lowest BCUT2D eigenvalue weighted by atomic mass is 10.0. The van der Waals surface area contributed by atoms with Crippen LogP contribution in [0.4, 0.5) is 0 Å². The Morgan fingerprint density at radius 1 is 1.11 bits per heavy atom. The Labute approximate surface area is 112 Å². The highest BCUT2D eigenvalue weighted by atomic mass is 35.5. The lowest BCUT2D eigenvalue weighted by molar-refractivity contribution is 0.386. The van der Waals surface area contributed by atoms with E-state index in [2.05, 4.69) is 0 Å². The Hall–Kier alpha value is -1.51. The number of hydrogen-bond donors (Lipinski definition) is 1. The van der Waals surface area contributed by atoms with Gasteiger partial charge in [-0.05, 0) is 31.8 Å². The van der Waals surface area contributed by atoms with E-state index < -0.39 is 0 Å². The molecule has 1 N–H and O–H groups in total. The van der Waals surface area contributed by atoms with Crippen LogP contribution in [0.1, 0.15) is 5.56 Å². The molecule has 2 rings (SSSR count). The normalized spacial score (nSPS) is 10.9. The van der Waals surface area contributed by atoms with Gasteiger partial charge in [-0.15, -0.1) is 0 Å². The third-order valence-electron chi connectivity index (χ3n) is 2.72. The maximum Gasteiger partial charge on any atom is 0.127 e. The van der Waals surface area contributed by atoms with Gasteiger partial charge in [-0.3, -0.25) is 0 Å². The highest BCUT2D eigenvalue weighted by Crippen LogP contribution is 2.35. The molecule has 0 fully saturated rings. The van der Waals surface area contributed by atoms with Gasteiger partial charge in [-0.1, -0.05) is 41.9 Å². The van der Waals surface area contributed by atoms with Gasteiger partial charge in [0, 0.05) is 22.7 Å². The molecule has 2 nitrogen and oxygen atoms in total. The molecule has 0 aliphatic carbocycles. The van der Waals surface area contributed by atoms with E-state index in [0.29, 0.717) is 17.3 Å². The smallest absolute Gasteiger partial charge is 0.127 e. The summed E-state index contributed by atoms with van der Waals surface area (Å²) in [6.45, 7) is 0.659. The summed E-state index contributed by atoms with van der Waals surface area (Å²) in [5.41, 5.74) is 2.59. The van der Waals surface area contributed by atoms with Crippen LogP contribution in [0, 0.1) is 0 Å². The van der Waals surface area contributed by atoms with Crippen molar-refractivity contribution in [1.29, 1.82) is 0 Å². The van der Waals surface area contributed by atoms with Gasteiger partial charge in [0.2, 0.25) is 0 Å². The van der Waals surface area contributed by atoms with Gasteiger partial charge >= 0.3 is 0 Å². The van der Waals surface area contributed by atoms with Crippen molar-refractivity contribution in [2.75, 3.05) is 14.1 Å². The molecule has 94 valence electrons. The van der Waals surface area contributed by atoms with E-state index in [1.165, 1.54) is 0 Å². The third kappa shape index (κ3) is 2.84. The molecule has 0 atom stereocenters. The van der Waals surface area contributed by atoms with Gasteiger partial charge in [-0.2, -0.15) is 0 Å². The summed E-state index contributed by atoms with van der Waals surface area (Å²) in [7, 11) is 3.92. The summed E-state index contributed by atoms with van der Waals surface area (Å²) >= 11 is 6.13. The number of aromatic hydroxyl groups is 1. The van der Waals surface area contributed by atoms with Crippen LogP contribution in [-0.2, 0) is 6.54 Å². The first-order valence-electron chi connectivity index (χ1n) is 5.79. The van der Waals surface area contributed by atoms with E-state index in [9.17, 15) is 5.11 Å². The number of hydrogen-bond acceptors (Lipinski definition) is 2. The molecular weight excluding hydrogens is 246 g/mol. The quantitative estimate of drug-likeness (QED) is 0.909. The van der Waals surface area contributed by atoms with Crippen molar-refractivity contribution in [3.63, 3.8) is 0 Å². The molecular formula is C15H16ClNO. The van der Waals surface area contributed by atoms with Gasteiger partial charge in [-0.25, -0.2) is 0 Å². The topological polar surface area (TPSA) is 23.5 Å². The van der Waals surface area contributed by atoms with Gasteiger partial charge < -0.3 is 10.0 Å². The van der Waals surface area contributed by atoms with Crippen molar-refractivity contribution in [1.82, 2.24) is 4.90 Å². The SMILES string of the molecule is CN(C)Cc1cc(Cl)cc(-c2ccccc2)c1O. The Morgan fingerprint density at radius 3 is 2.39 bits per heavy atom. The fourth-order valence-corrected chi connectivity index (χ4v) is 2.20. The fourth-order valence-electron chi connectivity index (χ4n) is 1.95. The summed E-state index contributed by atoms with van der Waals surface area (Å²) in [5, 5.41) is 11.0. The monoisotopic (exact) mass is 261 g/mol. The number of phenols is 1. The number of nitrogens with zero attached hydrogens (tertiary/aromatic N) is 1. The second-order valence-corrected chi connectivity index (χ2v) is 5.00. The lowest BCUT2D eigenvalue weighted by Crippen LogP contribution is -2.10. The summed E-state index contributed by atoms with van der Waals surface area (Å²) in [6, 6.07) is 13.4. The number of rotatable bonds is 3. The van der Waals surface area contributed by atoms with Crippen molar-refractivity contribution < 1.29 is 5.11 Å². The van der Waals surface area contributed by atoms with Crippen molar-refractivity contribution in [3.8, 4) is 16.9 Å². The number of phenolic OH excluding ortho intramolecular Hbond substituents is 1. The predicted molar refractivity (Wildman–Crippen MR) is 75.9 cm³/mol. The molecule has 18 heavy (non-hydrogen) atoms. The Morgan fingerprint density at radius 2 is 1.78 bits per heavy atom. The Bertz CT molecular complexity index is 538. The zero-order valence-corrected chi connectivity index (χ0v) is 11.3. The molecule has 0 heterocycles. The Balaban J connectivity index is 2.51. The first-order chi connectivity index (χ1) is 8.58. The molecule has 2 aromatic rings. The van der Waals surface area contributed by atoms with Crippen LogP contribution < -0.4 is 0 Å². The van der Waals surface area contributed by atoms with Crippen molar-refractivity contribution in [3.05, 3.63) is 53.1 Å². The Kier molecular flexibility index (Phi) is 3.90. The first kappa shape index (κ1) is 12.9. The summed E-state index contributed by atoms with van der Waals surface area (Å²) in [5.74, 6) is 0.305. The summed E-state index contributed by atoms with van der Waals surface area (Å²) in [4.78, 5) is 2.00. The average molecular weight is 262 g/mol.